The van der Waals surface area contributed by atoms with E-state index in [1.165, 1.54) is 0 Å². The summed E-state index contributed by atoms with van der Waals surface area (Å²) >= 11 is 0. The molecule has 866 valence electrons. The van der Waals surface area contributed by atoms with Crippen molar-refractivity contribution in [1.82, 2.24) is 31.9 Å². The van der Waals surface area contributed by atoms with Crippen LogP contribution in [0, 0.1) is 0 Å². The minimum atomic E-state index is -3.05. The van der Waals surface area contributed by atoms with Gasteiger partial charge in [0.25, 0.3) is 23.4 Å². The Labute approximate surface area is 848 Å². The molecule has 0 aromatic heterocycles. The molecule has 8 aliphatic heterocycles. The van der Waals surface area contributed by atoms with Crippen molar-refractivity contribution >= 4 is 59.8 Å². The number of rotatable bonds is 53. The van der Waals surface area contributed by atoms with Crippen LogP contribution in [-0.2, 0) is 124 Å². The van der Waals surface area contributed by atoms with Gasteiger partial charge in [-0.25, -0.2) is 9.59 Å². The molecule has 68 nitrogen and oxygen atoms in total. The quantitative estimate of drug-likeness (QED) is 0.0153. The standard InChI is InChI=1S/C82H138N8O60/c1-25(98)87-46-31(104)9-81(79(129)130,149-70(46)52(116)35(108)13-91)134-21-42-54(118)59(123)61(125)76(141-42)146-68-40(18-96)139-73(48(57(68)121)89-27(3)100)143-65-30(103)8-29(102)20-133-75(63(65)127)144-66(37(110)15-93)50(114)33(106)11-85-136-23-44(112)83-6-5-7-84-45(113)24-137-86-12-34(107)51(115)67(38(111)16-94)145-78-64(128)72(56(120)39(17-95)138-78)148-74-49(90-28(4)101)58(122)69(41(19-97)140-74)147-77-62(126)60(124)55(119)43(142-77)22-135-82(80(131)132)10-32(105)47(88-26(2)99)71(150-82)53(117)36(109)14-92/h11-12,29-43,46-78,91-97,102-111,114-128H,5-10,13-24H2,1-4H3,(H,83,112)(H,84,113)(H,87,98)(H,88,99)(H,89,100)(H,90,101)(H,129,130)(H,131,132)/b85-11+,86-12+. The first kappa shape index (κ1) is 128. The lowest BCUT2D eigenvalue weighted by Gasteiger charge is -2.49. The fourth-order valence-electron chi connectivity index (χ4n) is 17.1. The van der Waals surface area contributed by atoms with Crippen LogP contribution >= 0.6 is 0 Å². The second kappa shape index (κ2) is 58.7. The number of aliphatic carboxylic acids is 2. The van der Waals surface area contributed by atoms with E-state index in [1.54, 1.807) is 0 Å². The number of aliphatic hydroxyl groups excluding tert-OH is 32. The molecule has 6 amide bonds. The molecular formula is C82H138N8O60. The molecule has 8 saturated heterocycles. The van der Waals surface area contributed by atoms with Gasteiger partial charge < -0.3 is 291 Å². The summed E-state index contributed by atoms with van der Waals surface area (Å²) in [6, 6.07) is -7.21. The minimum Gasteiger partial charge on any atom is -0.477 e. The SMILES string of the molecule is CC(=O)NC1C(OC2C(O)CC(O)COC(OC(C(O)CO)C(O)C(O)/C=N/OCC(=O)NCCCNC(=O)CO/N=C/C(O)C(O)C(OC3OC(CO)C(O)C(OC4OC(CO)C(OC5OC(COC6(C(=O)O)CC(O)C(NC(C)=O)C(C(O)C(O)CO)O6)C(O)C(O)C5O)C(O)C4NC(C)=O)C3O)C(O)CO)C2O)OC(CO)C(OC2OC(COC3(C(=O)O)CC(O)C(NC(C)=O)C(C(O)C(O)CO)O3)C(O)C(O)C2O)C1O. The van der Waals surface area contributed by atoms with Gasteiger partial charge in [-0.15, -0.1) is 0 Å². The largest absolute Gasteiger partial charge is 0.477 e. The van der Waals surface area contributed by atoms with Crippen LogP contribution in [0.15, 0.2) is 10.3 Å². The lowest BCUT2D eigenvalue weighted by molar-refractivity contribution is -0.375. The maximum atomic E-state index is 12.9. The Kier molecular flexibility index (Phi) is 50.1. The van der Waals surface area contributed by atoms with E-state index in [1.807, 2.05) is 0 Å². The van der Waals surface area contributed by atoms with Crippen molar-refractivity contribution in [2.75, 3.05) is 92.4 Å². The Balaban J connectivity index is 0.799. The molecule has 40 N–H and O–H groups in total. The van der Waals surface area contributed by atoms with Crippen molar-refractivity contribution in [3.63, 3.8) is 0 Å². The van der Waals surface area contributed by atoms with Gasteiger partial charge in [0.1, 0.15) is 220 Å². The highest BCUT2D eigenvalue weighted by atomic mass is 16.8. The van der Waals surface area contributed by atoms with Crippen molar-refractivity contribution in [1.29, 1.82) is 0 Å². The molecule has 68 heteroatoms. The maximum Gasteiger partial charge on any atom is 0.364 e. The average molecular weight is 2200 g/mol. The van der Waals surface area contributed by atoms with Crippen LogP contribution in [0.5, 0.6) is 0 Å². The van der Waals surface area contributed by atoms with Gasteiger partial charge in [0.2, 0.25) is 23.6 Å². The molecule has 50 unspecified atom stereocenters. The first-order chi connectivity index (χ1) is 70.6. The smallest absolute Gasteiger partial charge is 0.364 e. The summed E-state index contributed by atoms with van der Waals surface area (Å²) in [5.74, 6) is -15.5. The van der Waals surface area contributed by atoms with E-state index in [-0.39, 0.29) is 19.5 Å². The van der Waals surface area contributed by atoms with Gasteiger partial charge in [0.15, 0.2) is 51.0 Å². The molecule has 8 aliphatic rings. The third-order valence-electron chi connectivity index (χ3n) is 25.1. The molecule has 0 aliphatic carbocycles. The Bertz CT molecular complexity index is 4240. The molecule has 8 heterocycles. The lowest BCUT2D eigenvalue weighted by atomic mass is 9.88. The minimum absolute atomic E-state index is 0.00374. The molecule has 0 aromatic rings. The van der Waals surface area contributed by atoms with Crippen LogP contribution < -0.4 is 31.9 Å². The normalized spacial score (nSPS) is 39.1. The highest BCUT2D eigenvalue weighted by molar-refractivity contribution is 5.79. The molecule has 8 fully saturated rings. The Morgan fingerprint density at radius 1 is 0.380 bits per heavy atom. The predicted octanol–water partition coefficient (Wildman–Crippen LogP) is -25.5. The van der Waals surface area contributed by atoms with Crippen LogP contribution in [0.2, 0.25) is 0 Å². The highest BCUT2D eigenvalue weighted by Crippen LogP contribution is 2.41. The third kappa shape index (κ3) is 32.8. The fourth-order valence-corrected chi connectivity index (χ4v) is 17.1. The number of nitrogens with one attached hydrogen (secondary N) is 6. The Morgan fingerprint density at radius 2 is 0.727 bits per heavy atom. The van der Waals surface area contributed by atoms with Crippen molar-refractivity contribution in [2.45, 2.75) is 359 Å². The van der Waals surface area contributed by atoms with Crippen LogP contribution in [0.1, 0.15) is 53.4 Å². The summed E-state index contributed by atoms with van der Waals surface area (Å²) < 4.78 is 91.3. The lowest BCUT2D eigenvalue weighted by Crippen LogP contribution is -2.70. The van der Waals surface area contributed by atoms with Crippen molar-refractivity contribution in [3.8, 4) is 0 Å². The first-order valence-electron chi connectivity index (χ1n) is 46.8. The van der Waals surface area contributed by atoms with E-state index in [0.29, 0.717) is 12.4 Å². The molecular weight excluding hydrogens is 2060 g/mol. The second-order valence-electron chi connectivity index (χ2n) is 36.3. The monoisotopic (exact) mass is 2190 g/mol. The summed E-state index contributed by atoms with van der Waals surface area (Å²) in [4.78, 5) is 111. The van der Waals surface area contributed by atoms with E-state index in [0.717, 1.165) is 27.7 Å². The molecule has 50 atom stereocenters. The van der Waals surface area contributed by atoms with Crippen LogP contribution in [0.4, 0.5) is 0 Å². The molecule has 0 spiro atoms. The van der Waals surface area contributed by atoms with Gasteiger partial charge in [-0.05, 0) is 6.42 Å². The zero-order valence-electron chi connectivity index (χ0n) is 80.3. The van der Waals surface area contributed by atoms with E-state index in [9.17, 15) is 212 Å². The zero-order valence-corrected chi connectivity index (χ0v) is 80.3. The van der Waals surface area contributed by atoms with E-state index >= 15 is 0 Å². The number of carboxylic acid groups (broad SMARTS) is 2. The third-order valence-corrected chi connectivity index (χ3v) is 25.1. The first-order valence-corrected chi connectivity index (χ1v) is 46.8. The van der Waals surface area contributed by atoms with Gasteiger partial charge in [0.05, 0.1) is 115 Å². The summed E-state index contributed by atoms with van der Waals surface area (Å²) in [5, 5.41) is 391. The number of ether oxygens (including phenoxy) is 16. The van der Waals surface area contributed by atoms with Crippen LogP contribution in [0.25, 0.3) is 0 Å². The summed E-state index contributed by atoms with van der Waals surface area (Å²) in [6.45, 7) is -9.92. The van der Waals surface area contributed by atoms with E-state index < -0.39 is 451 Å². The number of carbonyl (C=O) groups excluding carboxylic acids is 6. The van der Waals surface area contributed by atoms with Gasteiger partial charge in [-0.3, -0.25) is 28.8 Å². The zero-order chi connectivity index (χ0) is 112. The van der Waals surface area contributed by atoms with Gasteiger partial charge >= 0.3 is 11.9 Å². The predicted molar refractivity (Wildman–Crippen MR) is 468 cm³/mol. The topological polar surface area (TPSA) is 1090 Å². The van der Waals surface area contributed by atoms with E-state index in [4.69, 9.17) is 85.5 Å². The fraction of sp³-hybridized carbons (Fsp3) is 0.878. The molecule has 0 bridgehead atoms. The summed E-state index contributed by atoms with van der Waals surface area (Å²) in [7, 11) is 0. The molecule has 0 aromatic carbocycles. The maximum absolute atomic E-state index is 12.9. The van der Waals surface area contributed by atoms with Crippen LogP contribution in [0.3, 0.4) is 0 Å². The Hall–Kier alpha value is -7.22. The summed E-state index contributed by atoms with van der Waals surface area (Å²) in [6.07, 6.45) is -97.2. The molecule has 8 rings (SSSR count). The number of aliphatic hydroxyl groups is 32. The van der Waals surface area contributed by atoms with E-state index in [2.05, 4.69) is 42.2 Å². The molecule has 0 radical (unpaired) electrons. The second-order valence-corrected chi connectivity index (χ2v) is 36.3. The Morgan fingerprint density at radius 3 is 1.09 bits per heavy atom. The number of hydrogen-bond donors (Lipinski definition) is 40. The van der Waals surface area contributed by atoms with Gasteiger partial charge in [0, 0.05) is 60.0 Å². The van der Waals surface area contributed by atoms with Crippen molar-refractivity contribution in [3.05, 3.63) is 0 Å². The van der Waals surface area contributed by atoms with Gasteiger partial charge in [-0.1, -0.05) is 10.3 Å². The highest BCUT2D eigenvalue weighted by Gasteiger charge is 2.63. The number of oxime groups is 2. The number of nitrogens with zero attached hydrogens (tertiary/aromatic N) is 2. The van der Waals surface area contributed by atoms with Gasteiger partial charge in [-0.2, -0.15) is 0 Å². The number of amides is 6. The molecule has 0 saturated carbocycles. The van der Waals surface area contributed by atoms with Crippen LogP contribution in [-0.4, -0.2) is 631 Å². The van der Waals surface area contributed by atoms with Crippen molar-refractivity contribution < 1.29 is 297 Å². The number of hydrogen-bond acceptors (Lipinski definition) is 60. The summed E-state index contributed by atoms with van der Waals surface area (Å²) in [5.41, 5.74) is 0. The number of carbonyl (C=O) groups is 8. The van der Waals surface area contributed by atoms with Crippen molar-refractivity contribution in [2.24, 2.45) is 10.3 Å². The number of carboxylic acids is 2. The average Bonchev–Trinajstić information content (AvgIpc) is 0.765. The molecule has 150 heavy (non-hydrogen) atoms.